The Labute approximate surface area is 159 Å². The van der Waals surface area contributed by atoms with E-state index in [1.807, 2.05) is 56.3 Å². The van der Waals surface area contributed by atoms with Gasteiger partial charge in [0.1, 0.15) is 18.8 Å². The molecule has 2 aromatic carbocycles. The summed E-state index contributed by atoms with van der Waals surface area (Å²) in [5.41, 5.74) is 3.93. The number of aromatic hydroxyl groups is 1. The topological polar surface area (TPSA) is 66.9 Å². The molecule has 1 amide bonds. The number of hydrogen-bond donors (Lipinski definition) is 3. The van der Waals surface area contributed by atoms with Crippen molar-refractivity contribution in [1.82, 2.24) is 0 Å². The zero-order chi connectivity index (χ0) is 19.2. The van der Waals surface area contributed by atoms with E-state index >= 15 is 0 Å². The summed E-state index contributed by atoms with van der Waals surface area (Å²) in [7, 11) is 0. The minimum Gasteiger partial charge on any atom is -0.507 e. The highest BCUT2D eigenvalue weighted by molar-refractivity contribution is 5.91. The summed E-state index contributed by atoms with van der Waals surface area (Å²) >= 11 is 0. The van der Waals surface area contributed by atoms with Crippen LogP contribution in [-0.2, 0) is 17.9 Å². The highest BCUT2D eigenvalue weighted by atomic mass is 16.3. The lowest BCUT2D eigenvalue weighted by Crippen LogP contribution is -3.10. The van der Waals surface area contributed by atoms with Crippen LogP contribution in [0.1, 0.15) is 22.5 Å². The highest BCUT2D eigenvalue weighted by Crippen LogP contribution is 2.15. The molecule has 3 aromatic rings. The van der Waals surface area contributed by atoms with Gasteiger partial charge in [0.2, 0.25) is 0 Å². The van der Waals surface area contributed by atoms with Crippen LogP contribution in [0.4, 0.5) is 5.69 Å². The third kappa shape index (κ3) is 5.21. The van der Waals surface area contributed by atoms with E-state index in [0.717, 1.165) is 27.5 Å². The predicted molar refractivity (Wildman–Crippen MR) is 105 cm³/mol. The number of phenolic OH excluding ortho intramolecular Hbond substituents is 1. The molecular weight excluding hydrogens is 340 g/mol. The molecule has 0 aliphatic carbocycles. The molecule has 0 saturated heterocycles. The summed E-state index contributed by atoms with van der Waals surface area (Å²) < 4.78 is 5.45. The maximum atomic E-state index is 12.6. The van der Waals surface area contributed by atoms with Gasteiger partial charge < -0.3 is 19.7 Å². The van der Waals surface area contributed by atoms with E-state index < -0.39 is 0 Å². The summed E-state index contributed by atoms with van der Waals surface area (Å²) in [5.74, 6) is 0.971. The number of para-hydroxylation sites is 1. The molecule has 5 heteroatoms. The number of quaternary nitrogens is 1. The molecule has 1 heterocycles. The summed E-state index contributed by atoms with van der Waals surface area (Å²) in [6, 6.07) is 16.8. The third-order valence-corrected chi connectivity index (χ3v) is 4.64. The van der Waals surface area contributed by atoms with Gasteiger partial charge in [0.05, 0.1) is 6.26 Å². The number of rotatable bonds is 7. The number of benzene rings is 2. The molecule has 0 radical (unpaired) electrons. The van der Waals surface area contributed by atoms with Gasteiger partial charge in [0.25, 0.3) is 5.91 Å². The van der Waals surface area contributed by atoms with Gasteiger partial charge in [0, 0.05) is 11.3 Å². The highest BCUT2D eigenvalue weighted by Gasteiger charge is 2.18. The first-order valence-corrected chi connectivity index (χ1v) is 9.01. The minimum absolute atomic E-state index is 0.0739. The lowest BCUT2D eigenvalue weighted by molar-refractivity contribution is -0.920. The van der Waals surface area contributed by atoms with Crippen molar-refractivity contribution < 1.29 is 19.2 Å². The van der Waals surface area contributed by atoms with E-state index in [1.54, 1.807) is 18.4 Å². The third-order valence-electron chi connectivity index (χ3n) is 4.64. The van der Waals surface area contributed by atoms with Crippen molar-refractivity contribution in [2.75, 3.05) is 11.9 Å². The fourth-order valence-corrected chi connectivity index (χ4v) is 3.03. The van der Waals surface area contributed by atoms with Crippen LogP contribution in [0.25, 0.3) is 0 Å². The van der Waals surface area contributed by atoms with Crippen molar-refractivity contribution >= 4 is 11.6 Å². The standard InChI is InChI=1S/C22H24N2O3/c1-16-9-10-19(12-17(16)2)23-22(26)15-24(14-20-7-5-11-27-20)13-18-6-3-4-8-21(18)25/h3-12,25H,13-15H2,1-2H3,(H,23,26)/p+1. The van der Waals surface area contributed by atoms with Crippen LogP contribution in [0.2, 0.25) is 0 Å². The van der Waals surface area contributed by atoms with Gasteiger partial charge >= 0.3 is 0 Å². The predicted octanol–water partition coefficient (Wildman–Crippen LogP) is 2.83. The molecule has 1 aromatic heterocycles. The van der Waals surface area contributed by atoms with Gasteiger partial charge in [-0.25, -0.2) is 0 Å². The summed E-state index contributed by atoms with van der Waals surface area (Å²) in [6.45, 7) is 5.41. The van der Waals surface area contributed by atoms with Crippen molar-refractivity contribution in [2.45, 2.75) is 26.9 Å². The largest absolute Gasteiger partial charge is 0.507 e. The van der Waals surface area contributed by atoms with Crippen molar-refractivity contribution in [1.29, 1.82) is 0 Å². The van der Waals surface area contributed by atoms with E-state index in [1.165, 1.54) is 5.56 Å². The van der Waals surface area contributed by atoms with E-state index in [4.69, 9.17) is 4.42 Å². The molecule has 0 fully saturated rings. The Morgan fingerprint density at radius 2 is 1.85 bits per heavy atom. The van der Waals surface area contributed by atoms with Crippen LogP contribution in [-0.4, -0.2) is 17.6 Å². The van der Waals surface area contributed by atoms with Gasteiger partial charge in [-0.15, -0.1) is 0 Å². The second-order valence-electron chi connectivity index (χ2n) is 6.84. The monoisotopic (exact) mass is 365 g/mol. The molecule has 3 rings (SSSR count). The molecule has 140 valence electrons. The average molecular weight is 365 g/mol. The summed E-state index contributed by atoms with van der Waals surface area (Å²) in [6.07, 6.45) is 1.63. The van der Waals surface area contributed by atoms with Gasteiger partial charge in [-0.3, -0.25) is 4.79 Å². The maximum Gasteiger partial charge on any atom is 0.279 e. The minimum atomic E-state index is -0.0739. The maximum absolute atomic E-state index is 12.6. The van der Waals surface area contributed by atoms with E-state index in [2.05, 4.69) is 5.32 Å². The van der Waals surface area contributed by atoms with Gasteiger partial charge in [0.15, 0.2) is 12.3 Å². The van der Waals surface area contributed by atoms with Crippen molar-refractivity contribution in [3.05, 3.63) is 83.3 Å². The molecule has 0 spiro atoms. The Hall–Kier alpha value is -3.05. The van der Waals surface area contributed by atoms with E-state index in [9.17, 15) is 9.90 Å². The molecule has 27 heavy (non-hydrogen) atoms. The Morgan fingerprint density at radius 1 is 1.04 bits per heavy atom. The Kier molecular flexibility index (Phi) is 5.94. The van der Waals surface area contributed by atoms with Crippen LogP contribution in [0.15, 0.2) is 65.3 Å². The number of phenols is 1. The van der Waals surface area contributed by atoms with Crippen LogP contribution in [0.3, 0.4) is 0 Å². The molecule has 5 nitrogen and oxygen atoms in total. The number of carbonyl (C=O) groups excluding carboxylic acids is 1. The number of nitrogens with one attached hydrogen (secondary N) is 2. The number of carbonyl (C=O) groups is 1. The summed E-state index contributed by atoms with van der Waals surface area (Å²) in [5, 5.41) is 13.0. The number of furan rings is 1. The molecule has 3 N–H and O–H groups in total. The Bertz CT molecular complexity index is 904. The van der Waals surface area contributed by atoms with Crippen molar-refractivity contribution in [3.8, 4) is 5.75 Å². The number of anilines is 1. The average Bonchev–Trinajstić information content (AvgIpc) is 3.13. The second-order valence-corrected chi connectivity index (χ2v) is 6.84. The molecule has 0 bridgehead atoms. The number of amides is 1. The van der Waals surface area contributed by atoms with Gasteiger partial charge in [-0.1, -0.05) is 18.2 Å². The smallest absolute Gasteiger partial charge is 0.279 e. The molecular formula is C22H25N2O3+. The molecule has 1 atom stereocenters. The van der Waals surface area contributed by atoms with Crippen molar-refractivity contribution in [2.24, 2.45) is 0 Å². The first-order valence-electron chi connectivity index (χ1n) is 9.01. The van der Waals surface area contributed by atoms with Gasteiger partial charge in [-0.2, -0.15) is 0 Å². The first kappa shape index (κ1) is 18.7. The Morgan fingerprint density at radius 3 is 2.56 bits per heavy atom. The normalized spacial score (nSPS) is 11.9. The summed E-state index contributed by atoms with van der Waals surface area (Å²) in [4.78, 5) is 13.6. The lowest BCUT2D eigenvalue weighted by atomic mass is 10.1. The van der Waals surface area contributed by atoms with Crippen LogP contribution >= 0.6 is 0 Å². The molecule has 0 aliphatic rings. The Balaban J connectivity index is 1.70. The fourth-order valence-electron chi connectivity index (χ4n) is 3.03. The molecule has 1 unspecified atom stereocenters. The first-order chi connectivity index (χ1) is 13.0. The molecule has 0 aliphatic heterocycles. The fraction of sp³-hybridized carbons (Fsp3) is 0.227. The van der Waals surface area contributed by atoms with Crippen molar-refractivity contribution in [3.63, 3.8) is 0 Å². The van der Waals surface area contributed by atoms with Crippen LogP contribution in [0.5, 0.6) is 5.75 Å². The van der Waals surface area contributed by atoms with Gasteiger partial charge in [-0.05, 0) is 61.4 Å². The van der Waals surface area contributed by atoms with Crippen LogP contribution in [0, 0.1) is 13.8 Å². The molecule has 0 saturated carbocycles. The number of hydrogen-bond acceptors (Lipinski definition) is 3. The zero-order valence-corrected chi connectivity index (χ0v) is 15.7. The quantitative estimate of drug-likeness (QED) is 0.603. The second kappa shape index (κ2) is 8.56. The SMILES string of the molecule is Cc1ccc(NC(=O)C[NH+](Cc2ccco2)Cc2ccccc2O)cc1C. The van der Waals surface area contributed by atoms with Crippen LogP contribution < -0.4 is 10.2 Å². The number of aryl methyl sites for hydroxylation is 2. The van der Waals surface area contributed by atoms with E-state index in [0.29, 0.717) is 13.1 Å². The zero-order valence-electron chi connectivity index (χ0n) is 15.7. The lowest BCUT2D eigenvalue weighted by Gasteiger charge is -2.19. The van der Waals surface area contributed by atoms with E-state index in [-0.39, 0.29) is 18.2 Å².